The highest BCUT2D eigenvalue weighted by Crippen LogP contribution is 2.25. The SMILES string of the molecule is CC(C)N(Cc1ccccc1)C(=O)CSc1nnc(-c2ccc(Cl)cc2)o1. The zero-order chi connectivity index (χ0) is 19.2. The Bertz CT molecular complexity index is 882. The Morgan fingerprint density at radius 2 is 1.81 bits per heavy atom. The molecule has 7 heteroatoms. The van der Waals surface area contributed by atoms with Gasteiger partial charge in [-0.05, 0) is 43.7 Å². The van der Waals surface area contributed by atoms with Crippen molar-refractivity contribution in [3.05, 3.63) is 65.2 Å². The van der Waals surface area contributed by atoms with Gasteiger partial charge in [0, 0.05) is 23.2 Å². The van der Waals surface area contributed by atoms with Crippen LogP contribution in [0.2, 0.25) is 5.02 Å². The van der Waals surface area contributed by atoms with E-state index in [4.69, 9.17) is 16.0 Å². The number of hydrogen-bond acceptors (Lipinski definition) is 5. The minimum Gasteiger partial charge on any atom is -0.411 e. The van der Waals surface area contributed by atoms with E-state index < -0.39 is 0 Å². The van der Waals surface area contributed by atoms with E-state index in [1.165, 1.54) is 11.8 Å². The van der Waals surface area contributed by atoms with Crippen molar-refractivity contribution >= 4 is 29.3 Å². The molecule has 0 spiro atoms. The molecule has 3 rings (SSSR count). The third-order valence-corrected chi connectivity index (χ3v) is 5.01. The average molecular weight is 402 g/mol. The van der Waals surface area contributed by atoms with Crippen LogP contribution < -0.4 is 0 Å². The molecule has 2 aromatic carbocycles. The van der Waals surface area contributed by atoms with E-state index in [2.05, 4.69) is 10.2 Å². The molecule has 0 bridgehead atoms. The first-order chi connectivity index (χ1) is 13.0. The zero-order valence-electron chi connectivity index (χ0n) is 15.1. The topological polar surface area (TPSA) is 59.2 Å². The van der Waals surface area contributed by atoms with Gasteiger partial charge < -0.3 is 9.32 Å². The molecule has 1 aromatic heterocycles. The number of benzene rings is 2. The minimum atomic E-state index is 0.0325. The fraction of sp³-hybridized carbons (Fsp3) is 0.250. The molecule has 0 radical (unpaired) electrons. The molecule has 27 heavy (non-hydrogen) atoms. The third kappa shape index (κ3) is 5.34. The van der Waals surface area contributed by atoms with Gasteiger partial charge in [0.2, 0.25) is 11.8 Å². The minimum absolute atomic E-state index is 0.0325. The molecule has 0 atom stereocenters. The van der Waals surface area contributed by atoms with Crippen molar-refractivity contribution in [1.29, 1.82) is 0 Å². The van der Waals surface area contributed by atoms with Gasteiger partial charge in [0.1, 0.15) is 0 Å². The van der Waals surface area contributed by atoms with Gasteiger partial charge in [-0.1, -0.05) is 53.7 Å². The lowest BCUT2D eigenvalue weighted by Crippen LogP contribution is -2.37. The maximum Gasteiger partial charge on any atom is 0.277 e. The summed E-state index contributed by atoms with van der Waals surface area (Å²) < 4.78 is 5.65. The summed E-state index contributed by atoms with van der Waals surface area (Å²) in [6.45, 7) is 4.60. The molecule has 0 fully saturated rings. The second-order valence-corrected chi connectivity index (χ2v) is 7.63. The lowest BCUT2D eigenvalue weighted by Gasteiger charge is -2.26. The lowest BCUT2D eigenvalue weighted by molar-refractivity contribution is -0.130. The molecule has 0 unspecified atom stereocenters. The largest absolute Gasteiger partial charge is 0.411 e. The van der Waals surface area contributed by atoms with Crippen molar-refractivity contribution in [3.8, 4) is 11.5 Å². The third-order valence-electron chi connectivity index (χ3n) is 3.96. The van der Waals surface area contributed by atoms with Crippen LogP contribution in [-0.4, -0.2) is 32.8 Å². The molecule has 1 heterocycles. The molecule has 0 aliphatic carbocycles. The fourth-order valence-corrected chi connectivity index (χ4v) is 3.30. The molecular formula is C20H20ClN3O2S. The van der Waals surface area contributed by atoms with Crippen LogP contribution in [0.3, 0.4) is 0 Å². The summed E-state index contributed by atoms with van der Waals surface area (Å²) in [5, 5.41) is 9.07. The first-order valence-electron chi connectivity index (χ1n) is 8.58. The molecule has 1 amide bonds. The van der Waals surface area contributed by atoms with Gasteiger partial charge in [0.05, 0.1) is 5.75 Å². The van der Waals surface area contributed by atoms with Crippen LogP contribution in [-0.2, 0) is 11.3 Å². The Morgan fingerprint density at radius 1 is 1.11 bits per heavy atom. The highest BCUT2D eigenvalue weighted by Gasteiger charge is 2.19. The Hall–Kier alpha value is -2.31. The number of nitrogens with zero attached hydrogens (tertiary/aromatic N) is 3. The molecule has 3 aromatic rings. The molecule has 0 aliphatic heterocycles. The van der Waals surface area contributed by atoms with Crippen LogP contribution >= 0.6 is 23.4 Å². The van der Waals surface area contributed by atoms with E-state index in [0.717, 1.165) is 11.1 Å². The standard InChI is InChI=1S/C20H20ClN3O2S/c1-14(2)24(12-15-6-4-3-5-7-15)18(25)13-27-20-23-22-19(26-20)16-8-10-17(21)11-9-16/h3-11,14H,12-13H2,1-2H3. The Balaban J connectivity index is 1.61. The molecule has 5 nitrogen and oxygen atoms in total. The van der Waals surface area contributed by atoms with Crippen molar-refractivity contribution in [3.63, 3.8) is 0 Å². The number of amides is 1. The van der Waals surface area contributed by atoms with Gasteiger partial charge in [-0.3, -0.25) is 4.79 Å². The van der Waals surface area contributed by atoms with Crippen molar-refractivity contribution in [2.45, 2.75) is 31.7 Å². The molecule has 0 saturated heterocycles. The van der Waals surface area contributed by atoms with Gasteiger partial charge in [0.25, 0.3) is 5.22 Å². The molecule has 0 N–H and O–H groups in total. The van der Waals surface area contributed by atoms with E-state index in [1.54, 1.807) is 12.1 Å². The van der Waals surface area contributed by atoms with E-state index in [0.29, 0.717) is 22.7 Å². The summed E-state index contributed by atoms with van der Waals surface area (Å²) >= 11 is 7.14. The number of aromatic nitrogens is 2. The summed E-state index contributed by atoms with van der Waals surface area (Å²) in [6.07, 6.45) is 0. The molecular weight excluding hydrogens is 382 g/mol. The smallest absolute Gasteiger partial charge is 0.277 e. The maximum absolute atomic E-state index is 12.7. The van der Waals surface area contributed by atoms with E-state index >= 15 is 0 Å². The zero-order valence-corrected chi connectivity index (χ0v) is 16.7. The van der Waals surface area contributed by atoms with Crippen LogP contribution in [0.15, 0.2) is 64.2 Å². The predicted octanol–water partition coefficient (Wildman–Crippen LogP) is 4.92. The van der Waals surface area contributed by atoms with Crippen LogP contribution in [0, 0.1) is 0 Å². The highest BCUT2D eigenvalue weighted by molar-refractivity contribution is 7.99. The number of hydrogen-bond donors (Lipinski definition) is 0. The number of rotatable bonds is 7. The summed E-state index contributed by atoms with van der Waals surface area (Å²) in [6, 6.07) is 17.2. The maximum atomic E-state index is 12.7. The van der Waals surface area contributed by atoms with E-state index in [9.17, 15) is 4.79 Å². The van der Waals surface area contributed by atoms with Gasteiger partial charge in [-0.25, -0.2) is 0 Å². The average Bonchev–Trinajstić information content (AvgIpc) is 3.14. The Labute approximate surface area is 167 Å². The summed E-state index contributed by atoms with van der Waals surface area (Å²) in [4.78, 5) is 14.5. The monoisotopic (exact) mass is 401 g/mol. The number of halogens is 1. The Kier molecular flexibility index (Phi) is 6.53. The van der Waals surface area contributed by atoms with Gasteiger partial charge in [-0.2, -0.15) is 0 Å². The van der Waals surface area contributed by atoms with Crippen LogP contribution in [0.4, 0.5) is 0 Å². The Morgan fingerprint density at radius 3 is 2.48 bits per heavy atom. The first-order valence-corrected chi connectivity index (χ1v) is 9.95. The fourth-order valence-electron chi connectivity index (χ4n) is 2.52. The first kappa shape index (κ1) is 19.5. The number of carbonyl (C=O) groups is 1. The quantitative estimate of drug-likeness (QED) is 0.526. The van der Waals surface area contributed by atoms with Gasteiger partial charge in [0.15, 0.2) is 0 Å². The number of carbonyl (C=O) groups excluding carboxylic acids is 1. The van der Waals surface area contributed by atoms with E-state index in [-0.39, 0.29) is 17.7 Å². The van der Waals surface area contributed by atoms with Gasteiger partial charge >= 0.3 is 0 Å². The summed E-state index contributed by atoms with van der Waals surface area (Å²) in [7, 11) is 0. The second-order valence-electron chi connectivity index (χ2n) is 6.27. The van der Waals surface area contributed by atoms with Crippen molar-refractivity contribution in [1.82, 2.24) is 15.1 Å². The molecule has 0 aliphatic rings. The van der Waals surface area contributed by atoms with Gasteiger partial charge in [-0.15, -0.1) is 10.2 Å². The normalized spacial score (nSPS) is 11.0. The number of thioether (sulfide) groups is 1. The summed E-state index contributed by atoms with van der Waals surface area (Å²) in [5.74, 6) is 0.685. The van der Waals surface area contributed by atoms with Crippen molar-refractivity contribution in [2.24, 2.45) is 0 Å². The van der Waals surface area contributed by atoms with Crippen LogP contribution in [0.25, 0.3) is 11.5 Å². The molecule has 140 valence electrons. The predicted molar refractivity (Wildman–Crippen MR) is 108 cm³/mol. The second kappa shape index (κ2) is 9.06. The van der Waals surface area contributed by atoms with Crippen molar-refractivity contribution in [2.75, 3.05) is 5.75 Å². The van der Waals surface area contributed by atoms with Crippen LogP contribution in [0.5, 0.6) is 0 Å². The van der Waals surface area contributed by atoms with Crippen molar-refractivity contribution < 1.29 is 9.21 Å². The van der Waals surface area contributed by atoms with Crippen LogP contribution in [0.1, 0.15) is 19.4 Å². The lowest BCUT2D eigenvalue weighted by atomic mass is 10.2. The highest BCUT2D eigenvalue weighted by atomic mass is 35.5. The molecule has 0 saturated carbocycles. The summed E-state index contributed by atoms with van der Waals surface area (Å²) in [5.41, 5.74) is 1.89. The van der Waals surface area contributed by atoms with E-state index in [1.807, 2.05) is 61.2 Å².